The largest absolute Gasteiger partial charge is 0.497 e. The zero-order valence-corrected chi connectivity index (χ0v) is 8.92. The maximum Gasteiger partial charge on any atom is 0.119 e. The van der Waals surface area contributed by atoms with Crippen LogP contribution < -0.4 is 10.2 Å². The highest BCUT2D eigenvalue weighted by Gasteiger charge is 1.96. The lowest BCUT2D eigenvalue weighted by atomic mass is 9.92. The van der Waals surface area contributed by atoms with Crippen molar-refractivity contribution in [3.8, 4) is 5.75 Å². The number of rotatable bonds is 2. The third kappa shape index (κ3) is 3.54. The molecule has 1 aromatic carbocycles. The van der Waals surface area contributed by atoms with Gasteiger partial charge in [0, 0.05) is 0 Å². The van der Waals surface area contributed by atoms with E-state index in [1.54, 1.807) is 7.11 Å². The molecule has 1 aromatic rings. The second-order valence-electron chi connectivity index (χ2n) is 2.43. The van der Waals surface area contributed by atoms with Gasteiger partial charge in [-0.1, -0.05) is 38.4 Å². The molecule has 0 aromatic heterocycles. The average molecular weight is 176 g/mol. The summed E-state index contributed by atoms with van der Waals surface area (Å²) in [6.45, 7) is 6.10. The van der Waals surface area contributed by atoms with Gasteiger partial charge in [-0.15, -0.1) is 0 Å². The molecule has 0 unspecified atom stereocenters. The number of methoxy groups -OCH3 is 1. The molecule has 0 atom stereocenters. The third-order valence-electron chi connectivity index (χ3n) is 1.70. The first-order chi connectivity index (χ1) is 6.27. The fraction of sp³-hybridized carbons (Fsp3) is 0.455. The molecule has 0 fully saturated rings. The van der Waals surface area contributed by atoms with E-state index in [-0.39, 0.29) is 0 Å². The molecule has 1 nitrogen and oxygen atoms in total. The third-order valence-corrected chi connectivity index (χ3v) is 1.70. The van der Waals surface area contributed by atoms with Crippen molar-refractivity contribution in [1.82, 2.24) is 0 Å². The lowest BCUT2D eigenvalue weighted by Crippen LogP contribution is -2.07. The zero-order valence-electron chi connectivity index (χ0n) is 8.92. The van der Waals surface area contributed by atoms with E-state index in [0.717, 1.165) is 12.2 Å². The van der Waals surface area contributed by atoms with Crippen LogP contribution in [0.15, 0.2) is 18.2 Å². The maximum atomic E-state index is 5.68. The van der Waals surface area contributed by atoms with Crippen LogP contribution >= 0.6 is 0 Å². The predicted molar refractivity (Wildman–Crippen MR) is 59.1 cm³/mol. The van der Waals surface area contributed by atoms with Crippen LogP contribution in [0.5, 0.6) is 5.75 Å². The molecule has 0 spiro atoms. The highest BCUT2D eigenvalue weighted by atomic mass is 16.5. The van der Waals surface area contributed by atoms with Crippen molar-refractivity contribution in [2.45, 2.75) is 27.2 Å². The lowest BCUT2D eigenvalue weighted by molar-refractivity contribution is 0.418. The fourth-order valence-electron chi connectivity index (χ4n) is 1.00. The summed E-state index contributed by atoms with van der Waals surface area (Å²) < 4.78 is 5.02. The summed E-state index contributed by atoms with van der Waals surface area (Å²) in [6, 6.07) is 5.86. The molecule has 0 N–H and O–H groups in total. The smallest absolute Gasteiger partial charge is 0.119 e. The Hall–Kier alpha value is -0.915. The average Bonchev–Trinajstić information content (AvgIpc) is 2.20. The van der Waals surface area contributed by atoms with Crippen LogP contribution in [0.25, 0.3) is 0 Å². The van der Waals surface area contributed by atoms with Crippen molar-refractivity contribution in [3.05, 3.63) is 23.8 Å². The van der Waals surface area contributed by atoms with Crippen molar-refractivity contribution in [3.63, 3.8) is 0 Å². The van der Waals surface area contributed by atoms with Crippen LogP contribution in [-0.4, -0.2) is 15.0 Å². The molecule has 1 rings (SSSR count). The summed E-state index contributed by atoms with van der Waals surface area (Å²) in [4.78, 5) is 0. The van der Waals surface area contributed by atoms with Crippen molar-refractivity contribution >= 4 is 13.3 Å². The number of hydrogen-bond donors (Lipinski definition) is 0. The first-order valence-corrected chi connectivity index (χ1v) is 4.70. The lowest BCUT2D eigenvalue weighted by Gasteiger charge is -2.05. The Bertz CT molecular complexity index is 246. The van der Waals surface area contributed by atoms with E-state index in [2.05, 4.69) is 6.92 Å². The van der Waals surface area contributed by atoms with Gasteiger partial charge in [-0.3, -0.25) is 0 Å². The standard InChI is InChI=1S/C9H11BO.C2H6/c1-3-7-4-5-9(11-2)8(10)6-7;1-2/h4-6H,3H2,1-2H3;1-2H3. The second-order valence-corrected chi connectivity index (χ2v) is 2.43. The van der Waals surface area contributed by atoms with Gasteiger partial charge in [0.25, 0.3) is 0 Å². The Kier molecular flexibility index (Phi) is 6.12. The van der Waals surface area contributed by atoms with Crippen molar-refractivity contribution in [2.75, 3.05) is 7.11 Å². The summed E-state index contributed by atoms with van der Waals surface area (Å²) in [5.74, 6) is 0.752. The molecule has 13 heavy (non-hydrogen) atoms. The van der Waals surface area contributed by atoms with Crippen molar-refractivity contribution in [2.24, 2.45) is 0 Å². The van der Waals surface area contributed by atoms with Crippen molar-refractivity contribution in [1.29, 1.82) is 0 Å². The Morgan fingerprint density at radius 2 is 1.92 bits per heavy atom. The molecule has 2 heteroatoms. The summed E-state index contributed by atoms with van der Waals surface area (Å²) in [5.41, 5.74) is 1.95. The van der Waals surface area contributed by atoms with Crippen LogP contribution in [0.4, 0.5) is 0 Å². The Morgan fingerprint density at radius 1 is 1.31 bits per heavy atom. The molecule has 0 saturated heterocycles. The predicted octanol–water partition coefficient (Wildman–Crippen LogP) is 2.08. The van der Waals surface area contributed by atoms with E-state index >= 15 is 0 Å². The van der Waals surface area contributed by atoms with Gasteiger partial charge in [0.1, 0.15) is 13.6 Å². The van der Waals surface area contributed by atoms with E-state index < -0.39 is 0 Å². The van der Waals surface area contributed by atoms with Gasteiger partial charge in [-0.05, 0) is 18.1 Å². The molecule has 0 heterocycles. The van der Waals surface area contributed by atoms with E-state index in [9.17, 15) is 0 Å². The van der Waals surface area contributed by atoms with Gasteiger partial charge in [0.05, 0.1) is 7.11 Å². The molecule has 2 radical (unpaired) electrons. The Labute approximate surface area is 82.5 Å². The van der Waals surface area contributed by atoms with Crippen LogP contribution in [0.2, 0.25) is 0 Å². The number of benzene rings is 1. The molecule has 0 bridgehead atoms. The van der Waals surface area contributed by atoms with Crippen LogP contribution in [-0.2, 0) is 6.42 Å². The van der Waals surface area contributed by atoms with Gasteiger partial charge < -0.3 is 4.74 Å². The SMILES string of the molecule is CC.[B]c1cc(CC)ccc1OC. The Balaban J connectivity index is 0.000000671. The van der Waals surface area contributed by atoms with Crippen LogP contribution in [0.3, 0.4) is 0 Å². The highest BCUT2D eigenvalue weighted by Crippen LogP contribution is 2.07. The van der Waals surface area contributed by atoms with Crippen LogP contribution in [0, 0.1) is 0 Å². The topological polar surface area (TPSA) is 9.23 Å². The zero-order chi connectivity index (χ0) is 10.3. The van der Waals surface area contributed by atoms with Gasteiger partial charge in [0.15, 0.2) is 0 Å². The minimum absolute atomic E-state index is 0.715. The van der Waals surface area contributed by atoms with Crippen molar-refractivity contribution < 1.29 is 4.74 Å². The molecule has 0 aliphatic heterocycles. The Morgan fingerprint density at radius 3 is 2.31 bits per heavy atom. The molecular weight excluding hydrogens is 159 g/mol. The van der Waals surface area contributed by atoms with E-state index in [1.165, 1.54) is 5.56 Å². The summed E-state index contributed by atoms with van der Waals surface area (Å²) in [7, 11) is 7.30. The minimum Gasteiger partial charge on any atom is -0.497 e. The summed E-state index contributed by atoms with van der Waals surface area (Å²) in [6.07, 6.45) is 1.01. The second kappa shape index (κ2) is 6.58. The molecule has 0 aliphatic carbocycles. The summed E-state index contributed by atoms with van der Waals surface area (Å²) >= 11 is 0. The number of ether oxygens (including phenoxy) is 1. The number of aryl methyl sites for hydroxylation is 1. The maximum absolute atomic E-state index is 5.68. The van der Waals surface area contributed by atoms with Gasteiger partial charge in [-0.25, -0.2) is 0 Å². The molecule has 0 aliphatic rings. The normalized spacial score (nSPS) is 8.62. The van der Waals surface area contributed by atoms with E-state index in [4.69, 9.17) is 12.6 Å². The van der Waals surface area contributed by atoms with Crippen LogP contribution in [0.1, 0.15) is 26.3 Å². The fourth-order valence-corrected chi connectivity index (χ4v) is 1.00. The first kappa shape index (κ1) is 12.1. The van der Waals surface area contributed by atoms with Gasteiger partial charge >= 0.3 is 0 Å². The first-order valence-electron chi connectivity index (χ1n) is 4.70. The van der Waals surface area contributed by atoms with E-state index in [1.807, 2.05) is 32.0 Å². The highest BCUT2D eigenvalue weighted by molar-refractivity contribution is 6.34. The molecule has 0 amide bonds. The summed E-state index contributed by atoms with van der Waals surface area (Å²) in [5, 5.41) is 0. The van der Waals surface area contributed by atoms with Gasteiger partial charge in [0.2, 0.25) is 0 Å². The van der Waals surface area contributed by atoms with E-state index in [0.29, 0.717) is 5.46 Å². The number of hydrogen-bond acceptors (Lipinski definition) is 1. The molecule has 70 valence electrons. The minimum atomic E-state index is 0.715. The quantitative estimate of drug-likeness (QED) is 0.627. The molecular formula is C11H17BO. The van der Waals surface area contributed by atoms with Gasteiger partial charge in [-0.2, -0.15) is 0 Å². The monoisotopic (exact) mass is 176 g/mol. The molecule has 0 saturated carbocycles.